The quantitative estimate of drug-likeness (QED) is 0.330. The molecule has 202 valence electrons. The zero-order valence-electron chi connectivity index (χ0n) is 21.5. The number of phenols is 1. The molecule has 3 saturated heterocycles. The highest BCUT2D eigenvalue weighted by atomic mass is 35.5. The van der Waals surface area contributed by atoms with E-state index in [0.717, 1.165) is 45.6 Å². The first-order chi connectivity index (χ1) is 18.8. The summed E-state index contributed by atoms with van der Waals surface area (Å²) >= 11 is 13.4. The first kappa shape index (κ1) is 25.1. The molecular weight excluding hydrogens is 540 g/mol. The van der Waals surface area contributed by atoms with E-state index in [9.17, 15) is 5.11 Å². The second-order valence-electron chi connectivity index (χ2n) is 11.2. The number of nitrogens with one attached hydrogen (secondary N) is 1. The Labute approximate surface area is 235 Å². The van der Waals surface area contributed by atoms with E-state index in [1.165, 1.54) is 6.07 Å². The molecule has 1 aromatic heterocycles. The van der Waals surface area contributed by atoms with Gasteiger partial charge in [0.15, 0.2) is 5.82 Å². The average Bonchev–Trinajstić information content (AvgIpc) is 3.26. The molecule has 10 heteroatoms. The second kappa shape index (κ2) is 9.34. The van der Waals surface area contributed by atoms with E-state index in [2.05, 4.69) is 27.1 Å². The second-order valence-corrected chi connectivity index (χ2v) is 12.0. The molecule has 0 saturated carbocycles. The van der Waals surface area contributed by atoms with Crippen molar-refractivity contribution in [3.63, 3.8) is 0 Å². The zero-order valence-corrected chi connectivity index (χ0v) is 23.0. The molecule has 1 spiro atoms. The van der Waals surface area contributed by atoms with Gasteiger partial charge in [0, 0.05) is 59.0 Å². The van der Waals surface area contributed by atoms with Crippen molar-refractivity contribution in [1.82, 2.24) is 20.2 Å². The van der Waals surface area contributed by atoms with Crippen LogP contribution in [0.3, 0.4) is 0 Å². The maximum Gasteiger partial charge on any atom is 0.319 e. The summed E-state index contributed by atoms with van der Waals surface area (Å²) < 4.78 is 22.7. The number of fused-ring (bicyclic) bond motifs is 2. The summed E-state index contributed by atoms with van der Waals surface area (Å²) in [7, 11) is 2.08. The van der Waals surface area contributed by atoms with Gasteiger partial charge in [0.1, 0.15) is 23.7 Å². The van der Waals surface area contributed by atoms with Crippen molar-refractivity contribution in [3.8, 4) is 22.9 Å². The largest absolute Gasteiger partial charge is 0.508 e. The molecule has 7 nitrogen and oxygen atoms in total. The van der Waals surface area contributed by atoms with Crippen LogP contribution in [0.5, 0.6) is 11.8 Å². The van der Waals surface area contributed by atoms with Crippen LogP contribution in [0, 0.1) is 11.2 Å². The van der Waals surface area contributed by atoms with Gasteiger partial charge in [-0.15, -0.1) is 0 Å². The van der Waals surface area contributed by atoms with Crippen LogP contribution < -0.4 is 15.0 Å². The number of benzene rings is 3. The number of hydrogen-bond acceptors (Lipinski definition) is 7. The van der Waals surface area contributed by atoms with Gasteiger partial charge in [-0.05, 0) is 61.6 Å². The van der Waals surface area contributed by atoms with Gasteiger partial charge >= 0.3 is 6.01 Å². The van der Waals surface area contributed by atoms with Crippen molar-refractivity contribution in [1.29, 1.82) is 0 Å². The third-order valence-corrected chi connectivity index (χ3v) is 9.06. The molecule has 4 aromatic rings. The monoisotopic (exact) mass is 567 g/mol. The highest BCUT2D eigenvalue weighted by Crippen LogP contribution is 2.46. The summed E-state index contributed by atoms with van der Waals surface area (Å²) in [5, 5.41) is 16.3. The molecule has 3 fully saturated rings. The zero-order chi connectivity index (χ0) is 26.9. The van der Waals surface area contributed by atoms with Crippen molar-refractivity contribution < 1.29 is 14.2 Å². The van der Waals surface area contributed by atoms with E-state index >= 15 is 4.39 Å². The fraction of sp³-hybridized carbons (Fsp3) is 0.379. The fourth-order valence-corrected chi connectivity index (χ4v) is 6.83. The standard InChI is InChI=1S/C29H28Cl2FN5O2/c1-36-7-3-5-17(36)11-39-28-34-26-20(27(35-28)37-14-29(15-37)12-33-13-29)10-22(31)24(25(26)32)19-9-18(38)8-16-4-2-6-21(30)23(16)19/h2,4,6,8-10,17,33,38H,3,5,7,11-15H2,1H3/t17-/m0/s1. The van der Waals surface area contributed by atoms with Crippen molar-refractivity contribution >= 4 is 50.7 Å². The topological polar surface area (TPSA) is 73.8 Å². The van der Waals surface area contributed by atoms with Gasteiger partial charge in [0.2, 0.25) is 0 Å². The molecule has 7 rings (SSSR count). The van der Waals surface area contributed by atoms with Crippen LogP contribution in [0.25, 0.3) is 32.8 Å². The van der Waals surface area contributed by atoms with Crippen LogP contribution in [-0.4, -0.2) is 72.4 Å². The summed E-state index contributed by atoms with van der Waals surface area (Å²) in [5.74, 6) is 0.0122. The van der Waals surface area contributed by atoms with Crippen LogP contribution in [0.1, 0.15) is 12.8 Å². The molecule has 3 aliphatic rings. The minimum atomic E-state index is -0.601. The van der Waals surface area contributed by atoms with Crippen LogP contribution in [0.15, 0.2) is 36.4 Å². The highest BCUT2D eigenvalue weighted by Gasteiger charge is 2.48. The Morgan fingerprint density at radius 2 is 1.97 bits per heavy atom. The molecule has 2 N–H and O–H groups in total. The van der Waals surface area contributed by atoms with Crippen LogP contribution in [0.4, 0.5) is 10.2 Å². The summed E-state index contributed by atoms with van der Waals surface area (Å²) in [6, 6.07) is 10.6. The molecule has 3 aliphatic heterocycles. The number of likely N-dealkylation sites (N-methyl/N-ethyl adjacent to an activating group) is 1. The van der Waals surface area contributed by atoms with Crippen molar-refractivity contribution in [3.05, 3.63) is 52.3 Å². The Kier molecular flexibility index (Phi) is 6.00. The van der Waals surface area contributed by atoms with Crippen LogP contribution in [0.2, 0.25) is 10.0 Å². The molecule has 1 atom stereocenters. The van der Waals surface area contributed by atoms with Crippen molar-refractivity contribution in [2.75, 3.05) is 51.3 Å². The van der Waals surface area contributed by atoms with E-state index < -0.39 is 5.82 Å². The van der Waals surface area contributed by atoms with E-state index in [1.807, 2.05) is 6.07 Å². The summed E-state index contributed by atoms with van der Waals surface area (Å²) in [5.41, 5.74) is 0.904. The maximum absolute atomic E-state index is 16.6. The number of ether oxygens (including phenoxy) is 1. The molecule has 39 heavy (non-hydrogen) atoms. The Hall–Kier alpha value is -2.91. The first-order valence-electron chi connectivity index (χ1n) is 13.2. The molecule has 3 aromatic carbocycles. The van der Waals surface area contributed by atoms with Gasteiger partial charge in [-0.25, -0.2) is 4.39 Å². The number of nitrogens with zero attached hydrogens (tertiary/aromatic N) is 4. The van der Waals surface area contributed by atoms with Gasteiger partial charge in [-0.1, -0.05) is 35.3 Å². The van der Waals surface area contributed by atoms with Gasteiger partial charge in [-0.3, -0.25) is 0 Å². The number of phenolic OH excluding ortho intramolecular Hbond substituents is 1. The van der Waals surface area contributed by atoms with Crippen LogP contribution >= 0.6 is 23.2 Å². The minimum absolute atomic E-state index is 0.0107. The smallest absolute Gasteiger partial charge is 0.319 e. The van der Waals surface area contributed by atoms with E-state index in [4.69, 9.17) is 32.9 Å². The average molecular weight is 568 g/mol. The van der Waals surface area contributed by atoms with Crippen LogP contribution in [-0.2, 0) is 0 Å². The van der Waals surface area contributed by atoms with E-state index in [0.29, 0.717) is 39.2 Å². The fourth-order valence-electron chi connectivity index (χ4n) is 6.25. The lowest BCUT2D eigenvalue weighted by Gasteiger charge is -2.56. The van der Waals surface area contributed by atoms with Gasteiger partial charge in [0.25, 0.3) is 0 Å². The molecule has 4 heterocycles. The van der Waals surface area contributed by atoms with Crippen molar-refractivity contribution in [2.24, 2.45) is 5.41 Å². The Morgan fingerprint density at radius 1 is 1.15 bits per heavy atom. The molecular formula is C29H28Cl2FN5O2. The number of aromatic nitrogens is 2. The highest BCUT2D eigenvalue weighted by molar-refractivity contribution is 6.38. The number of hydrogen-bond donors (Lipinski definition) is 2. The lowest BCUT2D eigenvalue weighted by Crippen LogP contribution is -2.71. The third kappa shape index (κ3) is 4.16. The Balaban J connectivity index is 1.38. The summed E-state index contributed by atoms with van der Waals surface area (Å²) in [4.78, 5) is 13.7. The molecule has 0 amide bonds. The van der Waals surface area contributed by atoms with Crippen molar-refractivity contribution in [2.45, 2.75) is 18.9 Å². The summed E-state index contributed by atoms with van der Waals surface area (Å²) in [6.45, 7) is 5.04. The molecule has 0 unspecified atom stereocenters. The SMILES string of the molecule is CN1CCC[C@H]1COc1nc(N2CC3(CNC3)C2)c2cc(Cl)c(-c3cc(O)cc4cccc(Cl)c34)c(F)c2n1. The first-order valence-corrected chi connectivity index (χ1v) is 14.0. The van der Waals surface area contributed by atoms with Gasteiger partial charge < -0.3 is 25.0 Å². The van der Waals surface area contributed by atoms with E-state index in [1.54, 1.807) is 24.3 Å². The molecule has 0 radical (unpaired) electrons. The third-order valence-electron chi connectivity index (χ3n) is 8.45. The number of halogens is 3. The summed E-state index contributed by atoms with van der Waals surface area (Å²) in [6.07, 6.45) is 2.16. The van der Waals surface area contributed by atoms with Gasteiger partial charge in [-0.2, -0.15) is 9.97 Å². The Bertz CT molecular complexity index is 1620. The number of rotatable bonds is 5. The van der Waals surface area contributed by atoms with E-state index in [-0.39, 0.29) is 39.3 Å². The normalized spacial score (nSPS) is 20.5. The lowest BCUT2D eigenvalue weighted by molar-refractivity contribution is 0.120. The lowest BCUT2D eigenvalue weighted by atomic mass is 9.74. The number of aromatic hydroxyl groups is 1. The predicted molar refractivity (Wildman–Crippen MR) is 153 cm³/mol. The Morgan fingerprint density at radius 3 is 2.69 bits per heavy atom. The number of anilines is 1. The molecule has 0 bridgehead atoms. The predicted octanol–water partition coefficient (Wildman–Crippen LogP) is 5.48. The molecule has 0 aliphatic carbocycles. The van der Waals surface area contributed by atoms with Gasteiger partial charge in [0.05, 0.1) is 5.02 Å². The number of likely N-dealkylation sites (tertiary alicyclic amines) is 1. The minimum Gasteiger partial charge on any atom is -0.508 e. The maximum atomic E-state index is 16.6.